The van der Waals surface area contributed by atoms with Crippen LogP contribution in [0.3, 0.4) is 0 Å². The van der Waals surface area contributed by atoms with E-state index in [0.29, 0.717) is 17.0 Å². The number of rotatable bonds is 6. The van der Waals surface area contributed by atoms with Crippen molar-refractivity contribution in [1.29, 1.82) is 0 Å². The second-order valence-corrected chi connectivity index (χ2v) is 5.81. The van der Waals surface area contributed by atoms with Gasteiger partial charge in [0.1, 0.15) is 5.75 Å². The lowest BCUT2D eigenvalue weighted by Crippen LogP contribution is -2.13. The highest BCUT2D eigenvalue weighted by molar-refractivity contribution is 6.28. The van der Waals surface area contributed by atoms with Crippen LogP contribution >= 0.6 is 0 Å². The minimum Gasteiger partial charge on any atom is -0.497 e. The van der Waals surface area contributed by atoms with E-state index in [0.717, 1.165) is 11.4 Å². The lowest BCUT2D eigenvalue weighted by atomic mass is 10.0. The fraction of sp³-hybridized carbons (Fsp3) is 0.158. The van der Waals surface area contributed by atoms with Crippen molar-refractivity contribution in [3.63, 3.8) is 0 Å². The van der Waals surface area contributed by atoms with E-state index in [1.165, 1.54) is 4.68 Å². The summed E-state index contributed by atoms with van der Waals surface area (Å²) >= 11 is 0. The van der Waals surface area contributed by atoms with Gasteiger partial charge in [-0.1, -0.05) is 30.3 Å². The van der Waals surface area contributed by atoms with Crippen LogP contribution < -0.4 is 4.74 Å². The molecule has 0 amide bonds. The average Bonchev–Trinajstić information content (AvgIpc) is 3.15. The highest BCUT2D eigenvalue weighted by Gasteiger charge is 2.21. The van der Waals surface area contributed by atoms with Crippen molar-refractivity contribution in [2.24, 2.45) is 0 Å². The second-order valence-electron chi connectivity index (χ2n) is 5.81. The topological polar surface area (TPSA) is 73.1 Å². The Labute approximate surface area is 151 Å². The molecule has 0 fully saturated rings. The van der Waals surface area contributed by atoms with Gasteiger partial charge in [-0.3, -0.25) is 4.79 Å². The van der Waals surface area contributed by atoms with E-state index < -0.39 is 0 Å². The van der Waals surface area contributed by atoms with E-state index in [1.54, 1.807) is 30.3 Å². The minimum atomic E-state index is -0.149. The molecule has 2 aromatic carbocycles. The molecule has 7 heteroatoms. The molecule has 3 aromatic rings. The highest BCUT2D eigenvalue weighted by atomic mass is 16.5. The van der Waals surface area contributed by atoms with Crippen LogP contribution in [0, 0.1) is 0 Å². The van der Waals surface area contributed by atoms with Gasteiger partial charge in [0.05, 0.1) is 18.4 Å². The van der Waals surface area contributed by atoms with Gasteiger partial charge < -0.3 is 9.64 Å². The molecule has 0 saturated carbocycles. The van der Waals surface area contributed by atoms with Crippen LogP contribution in [0.2, 0.25) is 0 Å². The molecule has 0 saturated heterocycles. The fourth-order valence-electron chi connectivity index (χ4n) is 2.47. The Morgan fingerprint density at radius 2 is 1.77 bits per heavy atom. The van der Waals surface area contributed by atoms with Gasteiger partial charge in [-0.05, 0) is 34.7 Å². The summed E-state index contributed by atoms with van der Waals surface area (Å²) in [6, 6.07) is 16.4. The van der Waals surface area contributed by atoms with E-state index in [9.17, 15) is 4.79 Å². The largest absolute Gasteiger partial charge is 0.497 e. The summed E-state index contributed by atoms with van der Waals surface area (Å²) in [5.41, 5.74) is 1.71. The Hall–Kier alpha value is -3.48. The number of carbonyl (C=O) groups is 1. The standard InChI is InChI=1S/C19H19N5O2/c1-23(2)13-17(18(25)14-7-5-4-6-8-14)19-20-21-22-24(19)15-9-11-16(26-3)12-10-15/h4-13H,1-3H3/b17-13-. The first-order valence-corrected chi connectivity index (χ1v) is 8.01. The van der Waals surface area contributed by atoms with Crippen molar-refractivity contribution >= 4 is 11.4 Å². The molecular weight excluding hydrogens is 330 g/mol. The van der Waals surface area contributed by atoms with Crippen molar-refractivity contribution in [2.75, 3.05) is 21.2 Å². The van der Waals surface area contributed by atoms with Crippen LogP contribution in [-0.2, 0) is 0 Å². The molecule has 0 aliphatic heterocycles. The second kappa shape index (κ2) is 7.60. The van der Waals surface area contributed by atoms with E-state index in [2.05, 4.69) is 15.5 Å². The highest BCUT2D eigenvalue weighted by Crippen LogP contribution is 2.22. The Kier molecular flexibility index (Phi) is 5.07. The number of allylic oxidation sites excluding steroid dienone is 1. The molecule has 1 heterocycles. The minimum absolute atomic E-state index is 0.149. The third-order valence-electron chi connectivity index (χ3n) is 3.70. The zero-order valence-electron chi connectivity index (χ0n) is 14.8. The quantitative estimate of drug-likeness (QED) is 0.503. The predicted molar refractivity (Wildman–Crippen MR) is 98.1 cm³/mol. The summed E-state index contributed by atoms with van der Waals surface area (Å²) in [7, 11) is 5.30. The number of aromatic nitrogens is 4. The molecule has 7 nitrogen and oxygen atoms in total. The van der Waals surface area contributed by atoms with Crippen molar-refractivity contribution in [3.05, 3.63) is 72.2 Å². The SMILES string of the molecule is COc1ccc(-n2nnnc2/C(=C\N(C)C)C(=O)c2ccccc2)cc1. The number of hydrogen-bond donors (Lipinski definition) is 0. The molecule has 0 bridgehead atoms. The van der Waals surface area contributed by atoms with E-state index in [4.69, 9.17) is 4.74 Å². The summed E-state index contributed by atoms with van der Waals surface area (Å²) in [4.78, 5) is 14.8. The van der Waals surface area contributed by atoms with Gasteiger partial charge >= 0.3 is 0 Å². The van der Waals surface area contributed by atoms with Crippen molar-refractivity contribution in [3.8, 4) is 11.4 Å². The molecule has 1 aromatic heterocycles. The van der Waals surface area contributed by atoms with Gasteiger partial charge in [0.2, 0.25) is 0 Å². The van der Waals surface area contributed by atoms with Crippen LogP contribution in [0.25, 0.3) is 11.3 Å². The number of benzene rings is 2. The first-order valence-electron chi connectivity index (χ1n) is 8.01. The van der Waals surface area contributed by atoms with Gasteiger partial charge in [0, 0.05) is 25.9 Å². The molecule has 132 valence electrons. The van der Waals surface area contributed by atoms with Crippen LogP contribution in [0.5, 0.6) is 5.75 Å². The number of ether oxygens (including phenoxy) is 1. The summed E-state index contributed by atoms with van der Waals surface area (Å²) in [5.74, 6) is 0.953. The third kappa shape index (κ3) is 3.61. The van der Waals surface area contributed by atoms with Gasteiger partial charge in [-0.25, -0.2) is 0 Å². The molecule has 0 aliphatic carbocycles. The molecule has 0 aliphatic rings. The van der Waals surface area contributed by atoms with E-state index in [1.807, 2.05) is 56.6 Å². The number of hydrogen-bond acceptors (Lipinski definition) is 6. The normalized spacial score (nSPS) is 11.3. The number of ketones is 1. The van der Waals surface area contributed by atoms with Crippen molar-refractivity contribution in [1.82, 2.24) is 25.1 Å². The Balaban J connectivity index is 2.06. The monoisotopic (exact) mass is 349 g/mol. The maximum Gasteiger partial charge on any atom is 0.198 e. The van der Waals surface area contributed by atoms with Gasteiger partial charge in [-0.2, -0.15) is 4.68 Å². The number of nitrogens with zero attached hydrogens (tertiary/aromatic N) is 5. The number of carbonyl (C=O) groups excluding carboxylic acids is 1. The summed E-state index contributed by atoms with van der Waals surface area (Å²) in [6.07, 6.45) is 1.72. The molecule has 0 N–H and O–H groups in total. The average molecular weight is 349 g/mol. The number of methoxy groups -OCH3 is 1. The van der Waals surface area contributed by atoms with E-state index in [-0.39, 0.29) is 5.78 Å². The lowest BCUT2D eigenvalue weighted by Gasteiger charge is -2.12. The summed E-state index contributed by atoms with van der Waals surface area (Å²) in [5, 5.41) is 11.9. The van der Waals surface area contributed by atoms with Crippen LogP contribution in [0.15, 0.2) is 60.8 Å². The Morgan fingerprint density at radius 3 is 2.38 bits per heavy atom. The Bertz CT molecular complexity index is 915. The van der Waals surface area contributed by atoms with Gasteiger partial charge in [-0.15, -0.1) is 5.10 Å². The number of Topliss-reactive ketones (excluding diaryl/α,β-unsaturated/α-hetero) is 1. The van der Waals surface area contributed by atoms with Gasteiger partial charge in [0.15, 0.2) is 11.6 Å². The molecule has 3 rings (SSSR count). The summed E-state index contributed by atoms with van der Waals surface area (Å²) < 4.78 is 6.72. The third-order valence-corrected chi connectivity index (χ3v) is 3.70. The first-order chi connectivity index (χ1) is 12.6. The zero-order chi connectivity index (χ0) is 18.5. The molecule has 0 radical (unpaired) electrons. The fourth-order valence-corrected chi connectivity index (χ4v) is 2.47. The van der Waals surface area contributed by atoms with E-state index >= 15 is 0 Å². The molecular formula is C19H19N5O2. The smallest absolute Gasteiger partial charge is 0.198 e. The maximum absolute atomic E-state index is 13.0. The molecule has 26 heavy (non-hydrogen) atoms. The molecule has 0 spiro atoms. The lowest BCUT2D eigenvalue weighted by molar-refractivity contribution is 0.105. The predicted octanol–water partition coefficient (Wildman–Crippen LogP) is 2.46. The van der Waals surface area contributed by atoms with Crippen molar-refractivity contribution < 1.29 is 9.53 Å². The summed E-state index contributed by atoms with van der Waals surface area (Å²) in [6.45, 7) is 0. The van der Waals surface area contributed by atoms with Crippen molar-refractivity contribution in [2.45, 2.75) is 0 Å². The van der Waals surface area contributed by atoms with Crippen LogP contribution in [0.4, 0.5) is 0 Å². The molecule has 0 unspecified atom stereocenters. The van der Waals surface area contributed by atoms with Crippen LogP contribution in [-0.4, -0.2) is 52.1 Å². The first kappa shape index (κ1) is 17.3. The Morgan fingerprint density at radius 1 is 1.08 bits per heavy atom. The van der Waals surface area contributed by atoms with Gasteiger partial charge in [0.25, 0.3) is 0 Å². The zero-order valence-corrected chi connectivity index (χ0v) is 14.8. The number of tetrazole rings is 1. The van der Waals surface area contributed by atoms with Crippen LogP contribution in [0.1, 0.15) is 16.2 Å². The molecule has 0 atom stereocenters. The maximum atomic E-state index is 13.0.